The van der Waals surface area contributed by atoms with Crippen LogP contribution >= 0.6 is 103 Å². The average Bonchev–Trinajstić information content (AvgIpc) is 3.81. The Balaban J connectivity index is 0.000000130. The Bertz CT molecular complexity index is 4080. The number of imidazole rings is 2. The van der Waals surface area contributed by atoms with Crippen molar-refractivity contribution in [2.75, 3.05) is 14.2 Å². The van der Waals surface area contributed by atoms with Crippen molar-refractivity contribution in [3.63, 3.8) is 0 Å². The summed E-state index contributed by atoms with van der Waals surface area (Å²) in [5, 5.41) is 37.8. The van der Waals surface area contributed by atoms with E-state index in [1.54, 1.807) is 59.0 Å². The molecule has 87 heavy (non-hydrogen) atoms. The fourth-order valence-electron chi connectivity index (χ4n) is 8.87. The number of hydrogen-bond acceptors (Lipinski definition) is 10. The normalized spacial score (nSPS) is 10.7. The molecule has 0 spiro atoms. The van der Waals surface area contributed by atoms with E-state index in [-0.39, 0.29) is 15.9 Å². The van der Waals surface area contributed by atoms with Gasteiger partial charge in [0.1, 0.15) is 31.2 Å². The van der Waals surface area contributed by atoms with E-state index >= 15 is 0 Å². The van der Waals surface area contributed by atoms with Crippen molar-refractivity contribution >= 4 is 179 Å². The molecule has 0 aliphatic rings. The number of fused-ring (bicyclic) bond motifs is 4. The Hall–Kier alpha value is -6.08. The van der Waals surface area contributed by atoms with Crippen LogP contribution in [0.25, 0.3) is 42.0 Å². The van der Waals surface area contributed by atoms with E-state index in [9.17, 15) is 0 Å². The zero-order valence-electron chi connectivity index (χ0n) is 46.3. The molecule has 0 bridgehead atoms. The van der Waals surface area contributed by atoms with Gasteiger partial charge in [0.25, 0.3) is 0 Å². The average molecular weight is 1510 g/mol. The molecule has 8 aromatic carbocycles. The van der Waals surface area contributed by atoms with Crippen LogP contribution in [0.15, 0.2) is 267 Å². The maximum absolute atomic E-state index is 9.01. The van der Waals surface area contributed by atoms with Gasteiger partial charge in [0, 0.05) is 4.78 Å². The first-order valence-corrected chi connectivity index (χ1v) is 36.6. The number of nitrogens with zero attached hydrogens (tertiary/aromatic N) is 6. The molecule has 0 saturated carbocycles. The minimum atomic E-state index is -1.41. The third kappa shape index (κ3) is 17.6. The summed E-state index contributed by atoms with van der Waals surface area (Å²) < 4.78 is 17.6. The molecule has 0 unspecified atom stereocenters. The quantitative estimate of drug-likeness (QED) is 0.0789. The van der Waals surface area contributed by atoms with Crippen LogP contribution in [-0.2, 0) is 15.9 Å². The minimum Gasteiger partial charge on any atom is -0.0622 e. The summed E-state index contributed by atoms with van der Waals surface area (Å²) in [4.78, 5) is 9.54. The Morgan fingerprint density at radius 1 is 0.460 bits per heavy atom. The smallest absolute Gasteiger partial charge is 0.0134 e. The molecule has 0 atom stereocenters. The summed E-state index contributed by atoms with van der Waals surface area (Å²) >= 11 is 16.7. The maximum Gasteiger partial charge on any atom is -0.0134 e. The van der Waals surface area contributed by atoms with Gasteiger partial charge in [-0.15, -0.1) is 22.7 Å². The van der Waals surface area contributed by atoms with Gasteiger partial charge >= 0.3 is 42.1 Å². The Morgan fingerprint density at radius 3 is 1.21 bits per heavy atom. The van der Waals surface area contributed by atoms with Gasteiger partial charge in [-0.05, 0) is 130 Å². The van der Waals surface area contributed by atoms with E-state index in [1.807, 2.05) is 48.7 Å². The topological polar surface area (TPSA) is 119 Å². The molecule has 0 saturated heterocycles. The molecule has 14 rings (SSSR count). The minimum absolute atomic E-state index is 0.106. The number of ether oxygens (including phenoxy) is 2. The van der Waals surface area contributed by atoms with Crippen LogP contribution in [0.3, 0.4) is 0 Å². The summed E-state index contributed by atoms with van der Waals surface area (Å²) in [5.41, 5.74) is 2.52. The van der Waals surface area contributed by atoms with Crippen LogP contribution in [0.4, 0.5) is 0 Å². The van der Waals surface area contributed by atoms with Crippen LogP contribution in [0, 0.1) is 3.70 Å². The summed E-state index contributed by atoms with van der Waals surface area (Å²) in [5.74, 6) is 1.64. The summed E-state index contributed by atoms with van der Waals surface area (Å²) in [6.45, 7) is 0. The zero-order valence-corrected chi connectivity index (χ0v) is 56.4. The van der Waals surface area contributed by atoms with Crippen molar-refractivity contribution in [3.05, 3.63) is 281 Å². The number of aromatic nitrogens is 6. The second-order valence-electron chi connectivity index (χ2n) is 18.2. The van der Waals surface area contributed by atoms with E-state index in [0.717, 1.165) is 57.2 Å². The first-order valence-electron chi connectivity index (χ1n) is 26.5. The fourth-order valence-corrected chi connectivity index (χ4v) is 16.4. The molecular formula is C66H52BCl4IN6O4P2PdS2. The zero-order chi connectivity index (χ0) is 60.9. The molecule has 10 nitrogen and oxygen atoms in total. The van der Waals surface area contributed by atoms with E-state index in [1.165, 1.54) is 43.2 Å². The summed E-state index contributed by atoms with van der Waals surface area (Å²) in [7, 11) is 10.6. The summed E-state index contributed by atoms with van der Waals surface area (Å²) in [6, 6.07) is 87.3. The first-order chi connectivity index (χ1) is 42.6. The number of methoxy groups -OCH3 is 2. The molecule has 6 aromatic heterocycles. The maximum atomic E-state index is 9.01. The van der Waals surface area contributed by atoms with Gasteiger partial charge in [-0.1, -0.05) is 229 Å². The van der Waals surface area contributed by atoms with Crippen molar-refractivity contribution in [3.8, 4) is 22.1 Å². The van der Waals surface area contributed by atoms with Gasteiger partial charge in [0.2, 0.25) is 0 Å². The molecule has 0 radical (unpaired) electrons. The van der Waals surface area contributed by atoms with Crippen LogP contribution in [-0.4, -0.2) is 60.6 Å². The third-order valence-electron chi connectivity index (χ3n) is 12.7. The van der Waals surface area contributed by atoms with Gasteiger partial charge in [0.15, 0.2) is 11.3 Å². The van der Waals surface area contributed by atoms with Gasteiger partial charge in [-0.2, -0.15) is 10.2 Å². The van der Waals surface area contributed by atoms with E-state index in [0.29, 0.717) is 15.1 Å². The van der Waals surface area contributed by atoms with Crippen molar-refractivity contribution in [2.24, 2.45) is 0 Å². The Morgan fingerprint density at radius 2 is 0.816 bits per heavy atom. The molecule has 14 aromatic rings. The predicted octanol–water partition coefficient (Wildman–Crippen LogP) is 15.1. The fraction of sp³-hybridized carbons (Fsp3) is 0.0303. The van der Waals surface area contributed by atoms with Gasteiger partial charge in [-0.3, -0.25) is 0 Å². The second kappa shape index (κ2) is 33.5. The molecule has 0 fully saturated rings. The van der Waals surface area contributed by atoms with Crippen LogP contribution in [0.5, 0.6) is 11.5 Å². The van der Waals surface area contributed by atoms with Crippen LogP contribution < -0.4 is 46.1 Å². The van der Waals surface area contributed by atoms with Gasteiger partial charge in [0.05, 0.1) is 40.9 Å². The monoisotopic (exact) mass is 1500 g/mol. The molecule has 2 N–H and O–H groups in total. The Labute approximate surface area is 555 Å². The van der Waals surface area contributed by atoms with E-state index in [4.69, 9.17) is 61.8 Å². The number of benzene rings is 8. The summed E-state index contributed by atoms with van der Waals surface area (Å²) in [6.07, 6.45) is 3.56. The van der Waals surface area contributed by atoms with Crippen molar-refractivity contribution in [2.45, 2.75) is 0 Å². The predicted molar refractivity (Wildman–Crippen MR) is 376 cm³/mol. The number of hydrogen-bond donors (Lipinski definition) is 2. The number of thiophene rings is 2. The first kappa shape index (κ1) is 65.4. The van der Waals surface area contributed by atoms with Crippen LogP contribution in [0.2, 0.25) is 10.3 Å². The van der Waals surface area contributed by atoms with Gasteiger partial charge in [-0.25, -0.2) is 19.0 Å². The van der Waals surface area contributed by atoms with Gasteiger partial charge < -0.3 is 19.5 Å². The molecule has 21 heteroatoms. The SMILES string of the molecule is COc1cccc2cc(-c3cnc4ccc(Cl)nn34)sc12.COc1cccc2cc(B(O)O)sc12.Clc1ccc2ncc(I)n2n1.[Cl][Pd][Cl].c1ccc(P(c2ccccc2)c2ccccc2)cc1.c1ccc(P(c2ccccc2)c2ccccc2)cc1. The molecule has 0 aliphatic carbocycles. The molecular weight excluding hydrogens is 1450 g/mol. The van der Waals surface area contributed by atoms with E-state index < -0.39 is 23.0 Å². The van der Waals surface area contributed by atoms with Crippen molar-refractivity contribution < 1.29 is 35.5 Å². The standard InChI is InChI=1S/2C18H15P.C15H10ClN3OS.C9H9BO3S.C6H3ClIN3.2ClH.Pd/c2*1-4-10-16(11-5-1)19(17-12-6-2-7-13-17)18-14-8-3-9-15-18;1-20-11-4-2-3-9-7-12(21-15(9)11)10-8-17-14-6-5-13(16)18-19(10)14;1-13-7-4-2-3-6-5-8(10(11)12)14-9(6)7;7-4-1-2-6-9-3-5(8)11(6)10-4;;;/h2*1-15H;2-8H,1H3;2-5,11-12H,1H3;1-3H;2*1H;/q;;;;;;;+2/p-2. The number of halogens is 5. The van der Waals surface area contributed by atoms with Crippen LogP contribution in [0.1, 0.15) is 0 Å². The Kier molecular flexibility index (Phi) is 25.2. The molecule has 6 heterocycles. The molecule has 440 valence electrons. The largest absolute Gasteiger partial charge is 0.0622 e. The molecule has 0 amide bonds. The van der Waals surface area contributed by atoms with Crippen molar-refractivity contribution in [1.29, 1.82) is 0 Å². The van der Waals surface area contributed by atoms with Crippen molar-refractivity contribution in [1.82, 2.24) is 29.2 Å². The van der Waals surface area contributed by atoms with E-state index in [2.05, 4.69) is 237 Å². The molecule has 0 aliphatic heterocycles. The second-order valence-corrected chi connectivity index (χ2v) is 29.0. The number of rotatable bonds is 10. The third-order valence-corrected chi connectivity index (χ3v) is 21.1.